The number of aromatic nitrogens is 2. The number of sulfonamides is 1. The Morgan fingerprint density at radius 2 is 1.79 bits per heavy atom. The smallest absolute Gasteiger partial charge is 0.438 e. The molecule has 1 saturated heterocycles. The number of ether oxygens (including phenoxy) is 3. The fourth-order valence-electron chi connectivity index (χ4n) is 8.04. The van der Waals surface area contributed by atoms with Crippen molar-refractivity contribution in [2.45, 2.75) is 153 Å². The van der Waals surface area contributed by atoms with Crippen LogP contribution in [-0.2, 0) is 35.3 Å². The summed E-state index contributed by atoms with van der Waals surface area (Å²) in [5.41, 5.74) is -4.08. The van der Waals surface area contributed by atoms with E-state index in [-0.39, 0.29) is 35.9 Å². The molecule has 7 atom stereocenters. The summed E-state index contributed by atoms with van der Waals surface area (Å²) in [6.45, 7) is 13.5. The molecule has 2 aliphatic heterocycles. The molecule has 4 amide bonds. The summed E-state index contributed by atoms with van der Waals surface area (Å²) in [6.07, 6.45) is -1.14. The number of alkyl carbamates (subject to hydrolysis) is 1. The van der Waals surface area contributed by atoms with Crippen molar-refractivity contribution in [2.24, 2.45) is 17.8 Å². The van der Waals surface area contributed by atoms with Crippen LogP contribution in [0, 0.1) is 17.8 Å². The molecule has 1 aromatic heterocycles. The van der Waals surface area contributed by atoms with E-state index in [4.69, 9.17) is 14.2 Å². The Morgan fingerprint density at radius 1 is 1.08 bits per heavy atom. The van der Waals surface area contributed by atoms with Gasteiger partial charge in [0.05, 0.1) is 28.4 Å². The number of fused-ring (bicyclic) bond motifs is 3. The van der Waals surface area contributed by atoms with Gasteiger partial charge in [0.25, 0.3) is 5.91 Å². The lowest BCUT2D eigenvalue weighted by Crippen LogP contribution is -2.59. The molecule has 15 nitrogen and oxygen atoms in total. The molecule has 1 aromatic carbocycles. The Morgan fingerprint density at radius 3 is 2.41 bits per heavy atom. The summed E-state index contributed by atoms with van der Waals surface area (Å²) < 4.78 is 88.5. The highest BCUT2D eigenvalue weighted by molar-refractivity contribution is 7.91. The summed E-state index contributed by atoms with van der Waals surface area (Å²) in [5.74, 6) is -4.05. The molecule has 3 fully saturated rings. The van der Waals surface area contributed by atoms with Crippen LogP contribution in [0.15, 0.2) is 30.4 Å². The number of carbonyl (C=O) groups is 4. The first-order valence-corrected chi connectivity index (χ1v) is 22.4. The third-order valence-electron chi connectivity index (χ3n) is 11.8. The summed E-state index contributed by atoms with van der Waals surface area (Å²) >= 11 is 0. The van der Waals surface area contributed by atoms with Crippen molar-refractivity contribution in [3.8, 4) is 11.6 Å². The van der Waals surface area contributed by atoms with E-state index in [1.54, 1.807) is 40.7 Å². The molecule has 3 N–H and O–H groups in total. The highest BCUT2D eigenvalue weighted by atomic mass is 32.2. The van der Waals surface area contributed by atoms with Crippen LogP contribution in [0.3, 0.4) is 0 Å². The predicted octanol–water partition coefficient (Wildman–Crippen LogP) is 5.95. The molecule has 336 valence electrons. The van der Waals surface area contributed by atoms with E-state index >= 15 is 0 Å². The normalized spacial score (nSPS) is 28.7. The molecule has 61 heavy (non-hydrogen) atoms. The maximum Gasteiger partial charge on any atom is 0.438 e. The van der Waals surface area contributed by atoms with Crippen LogP contribution in [0.5, 0.6) is 11.6 Å². The van der Waals surface area contributed by atoms with E-state index in [9.17, 15) is 40.8 Å². The Labute approximate surface area is 354 Å². The maximum atomic E-state index is 14.9. The standard InChI is InChI=1S/C42H57F3N6O9S/c1-9-25-18-24(4)12-10-11-13-26-21-41(26,37(54)50-61(56,57)40(8)16-17-40)49-34(52)31-20-28(22-51(31)36(53)32(25)48-38(55)60-39(5,6)7)59-35-33(42(43,44)45)46-29-15-14-27(58-23(2)3)19-30(29)47-35/h11,13-15,19,23-26,28,31-32H,9-10,12,16-18,20-22H2,1-8H3,(H,48,55)(H,49,52)(H,50,54)/b13-11-/t24-,25-,26-,28-,31+,32+,41-/m1/s1. The van der Waals surface area contributed by atoms with E-state index < -0.39 is 104 Å². The monoisotopic (exact) mass is 878 g/mol. The van der Waals surface area contributed by atoms with Gasteiger partial charge in [0, 0.05) is 18.4 Å². The Bertz CT molecular complexity index is 2170. The van der Waals surface area contributed by atoms with Crippen molar-refractivity contribution in [3.05, 3.63) is 36.0 Å². The lowest BCUT2D eigenvalue weighted by atomic mass is 9.85. The van der Waals surface area contributed by atoms with Gasteiger partial charge < -0.3 is 29.7 Å². The largest absolute Gasteiger partial charge is 0.491 e. The molecule has 2 saturated carbocycles. The second-order valence-electron chi connectivity index (χ2n) is 18.5. The average molecular weight is 879 g/mol. The van der Waals surface area contributed by atoms with Crippen LogP contribution in [0.25, 0.3) is 11.0 Å². The summed E-state index contributed by atoms with van der Waals surface area (Å²) in [6, 6.07) is 1.57. The summed E-state index contributed by atoms with van der Waals surface area (Å²) in [7, 11) is -4.11. The van der Waals surface area contributed by atoms with Crippen molar-refractivity contribution in [1.29, 1.82) is 0 Å². The molecular weight excluding hydrogens is 822 g/mol. The first-order valence-electron chi connectivity index (χ1n) is 20.9. The van der Waals surface area contributed by atoms with Gasteiger partial charge in [-0.05, 0) is 104 Å². The quantitative estimate of drug-likeness (QED) is 0.252. The van der Waals surface area contributed by atoms with Gasteiger partial charge in [-0.15, -0.1) is 0 Å². The number of nitrogens with zero attached hydrogens (tertiary/aromatic N) is 3. The van der Waals surface area contributed by atoms with Crippen molar-refractivity contribution >= 4 is 44.9 Å². The number of nitrogens with one attached hydrogen (secondary N) is 3. The van der Waals surface area contributed by atoms with Crippen molar-refractivity contribution < 1.29 is 55.0 Å². The van der Waals surface area contributed by atoms with Gasteiger partial charge >= 0.3 is 12.3 Å². The van der Waals surface area contributed by atoms with E-state index in [1.807, 2.05) is 19.9 Å². The molecule has 4 aliphatic rings. The number of amides is 4. The van der Waals surface area contributed by atoms with Crippen LogP contribution >= 0.6 is 0 Å². The van der Waals surface area contributed by atoms with Gasteiger partial charge in [-0.1, -0.05) is 32.4 Å². The van der Waals surface area contributed by atoms with Gasteiger partial charge in [0.2, 0.25) is 33.4 Å². The number of alkyl halides is 3. The van der Waals surface area contributed by atoms with E-state index in [0.717, 1.165) is 4.90 Å². The number of rotatable bonds is 9. The summed E-state index contributed by atoms with van der Waals surface area (Å²) in [5, 5.41) is 5.49. The highest BCUT2D eigenvalue weighted by Crippen LogP contribution is 2.48. The minimum Gasteiger partial charge on any atom is -0.491 e. The highest BCUT2D eigenvalue weighted by Gasteiger charge is 2.63. The molecule has 3 heterocycles. The van der Waals surface area contributed by atoms with E-state index in [2.05, 4.69) is 25.3 Å². The number of allylic oxidation sites excluding steroid dienone is 1. The van der Waals surface area contributed by atoms with Crippen molar-refractivity contribution in [2.75, 3.05) is 6.54 Å². The number of hydrogen-bond acceptors (Lipinski definition) is 11. The average Bonchev–Trinajstić information content (AvgIpc) is 4.02. The topological polar surface area (TPSA) is 195 Å². The third kappa shape index (κ3) is 10.3. The Hall–Kier alpha value is -4.68. The lowest BCUT2D eigenvalue weighted by Gasteiger charge is -2.34. The fraction of sp³-hybridized carbons (Fsp3) is 0.667. The maximum absolute atomic E-state index is 14.9. The van der Waals surface area contributed by atoms with Crippen LogP contribution < -0.4 is 24.8 Å². The Balaban J connectivity index is 1.40. The molecule has 0 radical (unpaired) electrons. The van der Waals surface area contributed by atoms with Gasteiger partial charge in [-0.3, -0.25) is 19.1 Å². The molecule has 6 rings (SSSR count). The zero-order chi connectivity index (χ0) is 44.9. The lowest BCUT2D eigenvalue weighted by molar-refractivity contribution is -0.143. The zero-order valence-electron chi connectivity index (χ0n) is 35.9. The molecular formula is C42H57F3N6O9S. The van der Waals surface area contributed by atoms with E-state index in [0.29, 0.717) is 44.3 Å². The number of hydrogen-bond donors (Lipinski definition) is 3. The second kappa shape index (κ2) is 16.9. The minimum absolute atomic E-state index is 0.0380. The predicted molar refractivity (Wildman–Crippen MR) is 218 cm³/mol. The van der Waals surface area contributed by atoms with Gasteiger partial charge in [0.1, 0.15) is 35.1 Å². The van der Waals surface area contributed by atoms with Crippen LogP contribution in [0.4, 0.5) is 18.0 Å². The van der Waals surface area contributed by atoms with Crippen LogP contribution in [-0.4, -0.2) is 93.8 Å². The van der Waals surface area contributed by atoms with Crippen LogP contribution in [0.1, 0.15) is 112 Å². The van der Waals surface area contributed by atoms with Crippen LogP contribution in [0.2, 0.25) is 0 Å². The molecule has 2 aliphatic carbocycles. The number of halogens is 3. The molecule has 2 aromatic rings. The van der Waals surface area contributed by atoms with E-state index in [1.165, 1.54) is 25.1 Å². The first kappa shape index (κ1) is 45.8. The SMILES string of the molecule is CC[C@@H]1C[C@H](C)CC/C=C\[C@@H]2C[C@@]2(C(=O)NS(=O)(=O)C2(C)CC2)NC(=O)[C@@H]2C[C@@H](Oc3nc4cc(OC(C)C)ccc4nc3C(F)(F)F)CN2C(=O)[C@H]1NC(=O)OC(C)(C)C. The second-order valence-corrected chi connectivity index (χ2v) is 20.7. The van der Waals surface area contributed by atoms with Crippen molar-refractivity contribution in [3.63, 3.8) is 0 Å². The number of benzene rings is 1. The Kier molecular flexibility index (Phi) is 12.7. The minimum atomic E-state index is -5.01. The summed E-state index contributed by atoms with van der Waals surface area (Å²) in [4.78, 5) is 66.0. The molecule has 0 unspecified atom stereocenters. The first-order chi connectivity index (χ1) is 28.3. The van der Waals surface area contributed by atoms with Gasteiger partial charge in [0.15, 0.2) is 0 Å². The number of carbonyl (C=O) groups excluding carboxylic acids is 4. The zero-order valence-corrected chi connectivity index (χ0v) is 36.7. The van der Waals surface area contributed by atoms with Crippen molar-refractivity contribution in [1.82, 2.24) is 30.2 Å². The fourth-order valence-corrected chi connectivity index (χ4v) is 9.35. The molecule has 0 spiro atoms. The van der Waals surface area contributed by atoms with Gasteiger partial charge in [-0.2, -0.15) is 13.2 Å². The molecule has 0 bridgehead atoms. The third-order valence-corrected chi connectivity index (χ3v) is 14.0. The molecule has 19 heteroatoms. The van der Waals surface area contributed by atoms with Gasteiger partial charge in [-0.25, -0.2) is 23.2 Å².